The second kappa shape index (κ2) is 4.45. The van der Waals surface area contributed by atoms with Gasteiger partial charge in [-0.25, -0.2) is 0 Å². The molecular weight excluding hydrogens is 160 g/mol. The lowest BCUT2D eigenvalue weighted by atomic mass is 9.85. The van der Waals surface area contributed by atoms with Crippen LogP contribution in [0, 0.1) is 5.92 Å². The zero-order chi connectivity index (χ0) is 8.93. The van der Waals surface area contributed by atoms with Crippen LogP contribution in [0.1, 0.15) is 44.1 Å². The maximum atomic E-state index is 3.96. The van der Waals surface area contributed by atoms with Crippen molar-refractivity contribution in [3.05, 3.63) is 18.0 Å². The summed E-state index contributed by atoms with van der Waals surface area (Å²) in [5, 5.41) is 6.83. The van der Waals surface area contributed by atoms with Crippen molar-refractivity contribution < 1.29 is 0 Å². The molecular formula is C11H18N2. The molecule has 1 saturated carbocycles. The first-order chi connectivity index (χ1) is 6.45. The number of nitrogens with one attached hydrogen (secondary N) is 1. The molecule has 0 bridgehead atoms. The quantitative estimate of drug-likeness (QED) is 0.757. The van der Waals surface area contributed by atoms with Crippen molar-refractivity contribution in [3.8, 4) is 0 Å². The fourth-order valence-corrected chi connectivity index (χ4v) is 2.26. The summed E-state index contributed by atoms with van der Waals surface area (Å²) in [5.74, 6) is 0.989. The van der Waals surface area contributed by atoms with Crippen LogP contribution in [-0.4, -0.2) is 10.2 Å². The predicted molar refractivity (Wildman–Crippen MR) is 53.5 cm³/mol. The van der Waals surface area contributed by atoms with E-state index in [1.807, 2.05) is 12.4 Å². The van der Waals surface area contributed by atoms with Crippen LogP contribution in [0.2, 0.25) is 0 Å². The van der Waals surface area contributed by atoms with Gasteiger partial charge in [0.1, 0.15) is 0 Å². The lowest BCUT2D eigenvalue weighted by Gasteiger charge is -2.20. The van der Waals surface area contributed by atoms with Gasteiger partial charge in [0.2, 0.25) is 0 Å². The molecule has 0 radical (unpaired) electrons. The maximum Gasteiger partial charge on any atom is 0.0519 e. The molecule has 1 heterocycles. The first kappa shape index (κ1) is 8.79. The molecule has 0 atom stereocenters. The molecule has 0 amide bonds. The van der Waals surface area contributed by atoms with Gasteiger partial charge in [0.15, 0.2) is 0 Å². The lowest BCUT2D eigenvalue weighted by Crippen LogP contribution is -2.06. The Balaban J connectivity index is 1.72. The number of nitrogens with zero attached hydrogens (tertiary/aromatic N) is 1. The number of hydrogen-bond acceptors (Lipinski definition) is 1. The van der Waals surface area contributed by atoms with E-state index in [0.29, 0.717) is 0 Å². The van der Waals surface area contributed by atoms with Gasteiger partial charge in [-0.05, 0) is 24.3 Å². The normalized spacial score (nSPS) is 19.1. The van der Waals surface area contributed by atoms with Crippen molar-refractivity contribution in [1.29, 1.82) is 0 Å². The smallest absolute Gasteiger partial charge is 0.0519 e. The van der Waals surface area contributed by atoms with Gasteiger partial charge in [-0.1, -0.05) is 32.1 Å². The van der Waals surface area contributed by atoms with E-state index < -0.39 is 0 Å². The Bertz CT molecular complexity index is 222. The van der Waals surface area contributed by atoms with Crippen molar-refractivity contribution in [2.45, 2.75) is 44.9 Å². The third-order valence-corrected chi connectivity index (χ3v) is 3.12. The summed E-state index contributed by atoms with van der Waals surface area (Å²) in [4.78, 5) is 0. The summed E-state index contributed by atoms with van der Waals surface area (Å²) >= 11 is 0. The topological polar surface area (TPSA) is 28.7 Å². The summed E-state index contributed by atoms with van der Waals surface area (Å²) in [6, 6.07) is 0. The van der Waals surface area contributed by atoms with Gasteiger partial charge in [-0.15, -0.1) is 0 Å². The molecule has 1 aliphatic carbocycles. The minimum atomic E-state index is 0.989. The second-order valence-electron chi connectivity index (χ2n) is 4.15. The molecule has 1 aromatic heterocycles. The number of hydrogen-bond donors (Lipinski definition) is 1. The van der Waals surface area contributed by atoms with Crippen LogP contribution in [0.4, 0.5) is 0 Å². The molecule has 0 spiro atoms. The van der Waals surface area contributed by atoms with E-state index in [-0.39, 0.29) is 0 Å². The van der Waals surface area contributed by atoms with E-state index in [9.17, 15) is 0 Å². The molecule has 0 aromatic carbocycles. The van der Waals surface area contributed by atoms with E-state index in [1.165, 1.54) is 50.5 Å². The summed E-state index contributed by atoms with van der Waals surface area (Å²) in [5.41, 5.74) is 1.37. The SMILES string of the molecule is c1n[nH]cc1CCC1CCCCC1. The van der Waals surface area contributed by atoms with Gasteiger partial charge >= 0.3 is 0 Å². The first-order valence-corrected chi connectivity index (χ1v) is 5.43. The second-order valence-corrected chi connectivity index (χ2v) is 4.15. The summed E-state index contributed by atoms with van der Waals surface area (Å²) in [6.07, 6.45) is 13.8. The molecule has 2 nitrogen and oxygen atoms in total. The Labute approximate surface area is 79.7 Å². The number of aromatic nitrogens is 2. The van der Waals surface area contributed by atoms with Crippen molar-refractivity contribution in [1.82, 2.24) is 10.2 Å². The maximum absolute atomic E-state index is 3.96. The van der Waals surface area contributed by atoms with Gasteiger partial charge in [-0.2, -0.15) is 5.10 Å². The highest BCUT2D eigenvalue weighted by atomic mass is 15.1. The van der Waals surface area contributed by atoms with Gasteiger partial charge < -0.3 is 0 Å². The average Bonchev–Trinajstić information content (AvgIpc) is 2.69. The van der Waals surface area contributed by atoms with E-state index in [0.717, 1.165) is 5.92 Å². The monoisotopic (exact) mass is 178 g/mol. The van der Waals surface area contributed by atoms with Crippen molar-refractivity contribution in [3.63, 3.8) is 0 Å². The molecule has 13 heavy (non-hydrogen) atoms. The van der Waals surface area contributed by atoms with Crippen LogP contribution in [0.15, 0.2) is 12.4 Å². The lowest BCUT2D eigenvalue weighted by molar-refractivity contribution is 0.339. The minimum Gasteiger partial charge on any atom is -0.285 e. The zero-order valence-corrected chi connectivity index (χ0v) is 8.13. The van der Waals surface area contributed by atoms with Crippen LogP contribution in [0.3, 0.4) is 0 Å². The Morgan fingerprint density at radius 3 is 2.85 bits per heavy atom. The number of rotatable bonds is 3. The standard InChI is InChI=1S/C11H18N2/c1-2-4-10(5-3-1)6-7-11-8-12-13-9-11/h8-10H,1-7H2,(H,12,13). The molecule has 1 aliphatic rings. The van der Waals surface area contributed by atoms with Gasteiger partial charge in [0, 0.05) is 6.20 Å². The van der Waals surface area contributed by atoms with Crippen molar-refractivity contribution in [2.24, 2.45) is 5.92 Å². The van der Waals surface area contributed by atoms with Crippen LogP contribution in [0.25, 0.3) is 0 Å². The third kappa shape index (κ3) is 2.58. The molecule has 1 aromatic rings. The van der Waals surface area contributed by atoms with E-state index >= 15 is 0 Å². The molecule has 2 heteroatoms. The van der Waals surface area contributed by atoms with Crippen molar-refractivity contribution >= 4 is 0 Å². The number of H-pyrrole nitrogens is 1. The Morgan fingerprint density at radius 2 is 2.15 bits per heavy atom. The van der Waals surface area contributed by atoms with Gasteiger partial charge in [-0.3, -0.25) is 5.10 Å². The highest BCUT2D eigenvalue weighted by Gasteiger charge is 2.12. The van der Waals surface area contributed by atoms with Crippen LogP contribution in [0.5, 0.6) is 0 Å². The van der Waals surface area contributed by atoms with Crippen LogP contribution >= 0.6 is 0 Å². The van der Waals surface area contributed by atoms with Gasteiger partial charge in [0.25, 0.3) is 0 Å². The Morgan fingerprint density at radius 1 is 1.31 bits per heavy atom. The van der Waals surface area contributed by atoms with Crippen LogP contribution in [-0.2, 0) is 6.42 Å². The van der Waals surface area contributed by atoms with Gasteiger partial charge in [0.05, 0.1) is 6.20 Å². The molecule has 0 unspecified atom stereocenters. The fourth-order valence-electron chi connectivity index (χ4n) is 2.26. The van der Waals surface area contributed by atoms with Crippen molar-refractivity contribution in [2.75, 3.05) is 0 Å². The fraction of sp³-hybridized carbons (Fsp3) is 0.727. The summed E-state index contributed by atoms with van der Waals surface area (Å²) in [6.45, 7) is 0. The highest BCUT2D eigenvalue weighted by molar-refractivity contribution is 5.02. The van der Waals surface area contributed by atoms with E-state index in [2.05, 4.69) is 10.2 Å². The first-order valence-electron chi connectivity index (χ1n) is 5.43. The highest BCUT2D eigenvalue weighted by Crippen LogP contribution is 2.27. The molecule has 72 valence electrons. The molecule has 1 N–H and O–H groups in total. The molecule has 0 saturated heterocycles. The Hall–Kier alpha value is -0.790. The summed E-state index contributed by atoms with van der Waals surface area (Å²) < 4.78 is 0. The van der Waals surface area contributed by atoms with Crippen LogP contribution < -0.4 is 0 Å². The predicted octanol–water partition coefficient (Wildman–Crippen LogP) is 2.92. The molecule has 0 aliphatic heterocycles. The van der Waals surface area contributed by atoms with E-state index in [1.54, 1.807) is 0 Å². The molecule has 2 rings (SSSR count). The Kier molecular flexibility index (Phi) is 3.01. The number of aromatic amines is 1. The minimum absolute atomic E-state index is 0.989. The largest absolute Gasteiger partial charge is 0.285 e. The summed E-state index contributed by atoms with van der Waals surface area (Å²) in [7, 11) is 0. The van der Waals surface area contributed by atoms with E-state index in [4.69, 9.17) is 0 Å². The molecule has 1 fully saturated rings. The third-order valence-electron chi connectivity index (χ3n) is 3.12. The number of aryl methyl sites for hydroxylation is 1. The zero-order valence-electron chi connectivity index (χ0n) is 8.13. The average molecular weight is 178 g/mol.